The highest BCUT2D eigenvalue weighted by Crippen LogP contribution is 2.38. The molecule has 0 bridgehead atoms. The zero-order valence-corrected chi connectivity index (χ0v) is 10.9. The number of rotatable bonds is 2. The quantitative estimate of drug-likeness (QED) is 0.731. The third-order valence-corrected chi connectivity index (χ3v) is 4.52. The molecule has 86 valence electrons. The third kappa shape index (κ3) is 3.75. The molecule has 0 N–H and O–H groups in total. The minimum absolute atomic E-state index is 0.313. The fourth-order valence-corrected chi connectivity index (χ4v) is 2.03. The lowest BCUT2D eigenvalue weighted by atomic mass is 10.4. The zero-order chi connectivity index (χ0) is 12.1. The smallest absolute Gasteiger partial charge is 0.144 e. The minimum Gasteiger partial charge on any atom is -0.317 e. The molecule has 1 atom stereocenters. The molecule has 0 aliphatic carbocycles. The van der Waals surface area contributed by atoms with Gasteiger partial charge in [0, 0.05) is 6.16 Å². The van der Waals surface area contributed by atoms with Crippen molar-refractivity contribution in [1.82, 2.24) is 4.98 Å². The van der Waals surface area contributed by atoms with Gasteiger partial charge in [0.25, 0.3) is 0 Å². The highest BCUT2D eigenvalue weighted by molar-refractivity contribution is 7.70. The molecule has 4 heteroatoms. The first-order chi connectivity index (χ1) is 6.97. The van der Waals surface area contributed by atoms with Crippen molar-refractivity contribution in [2.24, 2.45) is 0 Å². The summed E-state index contributed by atoms with van der Waals surface area (Å²) >= 11 is 0. The average molecular weight is 231 g/mol. The maximum absolute atomic E-state index is 12.8. The summed E-state index contributed by atoms with van der Waals surface area (Å²) in [5, 5.41) is 0. The van der Waals surface area contributed by atoms with Crippen LogP contribution in [-0.4, -0.2) is 17.8 Å². The first-order valence-electron chi connectivity index (χ1n) is 5.17. The number of pyridine rings is 1. The lowest BCUT2D eigenvalue weighted by Gasteiger charge is -2.09. The van der Waals surface area contributed by atoms with E-state index in [1.807, 2.05) is 20.8 Å². The van der Waals surface area contributed by atoms with E-state index in [1.165, 1.54) is 12.1 Å². The molecule has 1 heterocycles. The molecule has 0 fully saturated rings. The summed E-state index contributed by atoms with van der Waals surface area (Å²) in [5.74, 6) is -0.347. The molecule has 1 unspecified atom stereocenters. The van der Waals surface area contributed by atoms with Gasteiger partial charge in [0.2, 0.25) is 0 Å². The molecule has 0 aliphatic heterocycles. The van der Waals surface area contributed by atoms with Gasteiger partial charge in [0.1, 0.15) is 18.4 Å². The number of aryl methyl sites for hydroxylation is 1. The molecule has 1 rings (SSSR count). The van der Waals surface area contributed by atoms with Crippen molar-refractivity contribution in [3.63, 3.8) is 0 Å². The van der Waals surface area contributed by atoms with Crippen LogP contribution in [0.15, 0.2) is 12.1 Å². The normalized spacial score (nSPS) is 13.7. The molecule has 0 saturated heterocycles. The number of aromatic nitrogens is 1. The molecule has 1 aromatic rings. The maximum Gasteiger partial charge on any atom is 0.144 e. The molecule has 0 aromatic carbocycles. The van der Waals surface area contributed by atoms with Crippen LogP contribution in [-0.2, 0) is 4.57 Å². The number of hydrogen-bond acceptors (Lipinski definition) is 2. The Bertz CT molecular complexity index is 366. The Balaban J connectivity index is 0.000000921. The average Bonchev–Trinajstić information content (AvgIpc) is 2.25. The van der Waals surface area contributed by atoms with Crippen LogP contribution in [0.25, 0.3) is 0 Å². The molecule has 0 spiro atoms. The van der Waals surface area contributed by atoms with Crippen LogP contribution in [0.2, 0.25) is 0 Å². The van der Waals surface area contributed by atoms with Crippen LogP contribution >= 0.6 is 7.14 Å². The Labute approximate surface area is 91.3 Å². The zero-order valence-electron chi connectivity index (χ0n) is 10.0. The molecule has 0 aliphatic rings. The molecular formula is C11H19FNOP. The predicted molar refractivity (Wildman–Crippen MR) is 64.0 cm³/mol. The third-order valence-electron chi connectivity index (χ3n) is 2.09. The van der Waals surface area contributed by atoms with Crippen LogP contribution in [0.5, 0.6) is 0 Å². The van der Waals surface area contributed by atoms with Gasteiger partial charge in [-0.1, -0.05) is 20.8 Å². The van der Waals surface area contributed by atoms with Crippen LogP contribution in [0.3, 0.4) is 0 Å². The Kier molecular flexibility index (Phi) is 5.74. The molecule has 15 heavy (non-hydrogen) atoms. The highest BCUT2D eigenvalue weighted by Gasteiger charge is 2.17. The minimum atomic E-state index is -2.35. The second-order valence-electron chi connectivity index (χ2n) is 3.15. The molecule has 0 amide bonds. The van der Waals surface area contributed by atoms with Crippen molar-refractivity contribution < 1.29 is 8.96 Å². The van der Waals surface area contributed by atoms with Crippen molar-refractivity contribution in [3.8, 4) is 0 Å². The van der Waals surface area contributed by atoms with Crippen molar-refractivity contribution >= 4 is 12.6 Å². The van der Waals surface area contributed by atoms with Gasteiger partial charge in [0.05, 0.1) is 5.69 Å². The van der Waals surface area contributed by atoms with Gasteiger partial charge in [-0.2, -0.15) is 0 Å². The van der Waals surface area contributed by atoms with E-state index in [2.05, 4.69) is 4.98 Å². The predicted octanol–water partition coefficient (Wildman–Crippen LogP) is 3.19. The Morgan fingerprint density at radius 3 is 2.33 bits per heavy atom. The van der Waals surface area contributed by atoms with E-state index in [0.717, 1.165) is 0 Å². The molecule has 0 radical (unpaired) electrons. The second-order valence-corrected chi connectivity index (χ2v) is 6.45. The molecule has 1 aromatic heterocycles. The first-order valence-corrected chi connectivity index (χ1v) is 7.51. The lowest BCUT2D eigenvalue weighted by Crippen LogP contribution is -2.12. The lowest BCUT2D eigenvalue weighted by molar-refractivity contribution is 0.584. The van der Waals surface area contributed by atoms with E-state index < -0.39 is 7.14 Å². The largest absolute Gasteiger partial charge is 0.317 e. The highest BCUT2D eigenvalue weighted by atomic mass is 31.2. The fourth-order valence-electron chi connectivity index (χ4n) is 0.956. The molecule has 0 saturated carbocycles. The monoisotopic (exact) mass is 231 g/mol. The van der Waals surface area contributed by atoms with Gasteiger partial charge in [-0.05, 0) is 25.7 Å². The second kappa shape index (κ2) is 6.02. The summed E-state index contributed by atoms with van der Waals surface area (Å²) in [4.78, 5) is 3.98. The van der Waals surface area contributed by atoms with Gasteiger partial charge >= 0.3 is 0 Å². The standard InChI is InChI=1S/C9H13FNOP.C2H6/c1-4-13(3,12)9-6-5-8(10)7(2)11-9;1-2/h5-6H,4H2,1-3H3;1-2H3. The van der Waals surface area contributed by atoms with Gasteiger partial charge in [-0.25, -0.2) is 9.37 Å². The van der Waals surface area contributed by atoms with E-state index in [9.17, 15) is 8.96 Å². The van der Waals surface area contributed by atoms with Gasteiger partial charge in [0.15, 0.2) is 0 Å². The first kappa shape index (κ1) is 14.3. The van der Waals surface area contributed by atoms with Gasteiger partial charge in [-0.3, -0.25) is 0 Å². The van der Waals surface area contributed by atoms with E-state index in [0.29, 0.717) is 17.3 Å². The molecule has 2 nitrogen and oxygen atoms in total. The van der Waals surface area contributed by atoms with Crippen molar-refractivity contribution in [2.75, 3.05) is 12.8 Å². The summed E-state index contributed by atoms with van der Waals surface area (Å²) in [6.45, 7) is 9.10. The Morgan fingerprint density at radius 2 is 1.93 bits per heavy atom. The number of halogens is 1. The number of hydrogen-bond donors (Lipinski definition) is 0. The van der Waals surface area contributed by atoms with E-state index in [-0.39, 0.29) is 5.82 Å². The van der Waals surface area contributed by atoms with Crippen LogP contribution < -0.4 is 5.44 Å². The summed E-state index contributed by atoms with van der Waals surface area (Å²) in [5.41, 5.74) is 0.835. The summed E-state index contributed by atoms with van der Waals surface area (Å²) in [6, 6.07) is 2.83. The summed E-state index contributed by atoms with van der Waals surface area (Å²) < 4.78 is 24.7. The topological polar surface area (TPSA) is 30.0 Å². The summed E-state index contributed by atoms with van der Waals surface area (Å²) in [6.07, 6.45) is 0.561. The SMILES string of the molecule is CC.CCP(C)(=O)c1ccc(F)c(C)n1. The van der Waals surface area contributed by atoms with Gasteiger partial charge in [-0.15, -0.1) is 0 Å². The van der Waals surface area contributed by atoms with Gasteiger partial charge < -0.3 is 4.57 Å². The summed E-state index contributed by atoms with van der Waals surface area (Å²) in [7, 11) is -2.35. The van der Waals surface area contributed by atoms with Crippen molar-refractivity contribution in [1.29, 1.82) is 0 Å². The Morgan fingerprint density at radius 1 is 1.40 bits per heavy atom. The Hall–Kier alpha value is -0.690. The van der Waals surface area contributed by atoms with E-state index in [4.69, 9.17) is 0 Å². The van der Waals surface area contributed by atoms with Crippen LogP contribution in [0, 0.1) is 12.7 Å². The number of nitrogens with zero attached hydrogens (tertiary/aromatic N) is 1. The van der Waals surface area contributed by atoms with E-state index in [1.54, 1.807) is 13.6 Å². The van der Waals surface area contributed by atoms with Crippen molar-refractivity contribution in [3.05, 3.63) is 23.6 Å². The fraction of sp³-hybridized carbons (Fsp3) is 0.545. The van der Waals surface area contributed by atoms with E-state index >= 15 is 0 Å². The van der Waals surface area contributed by atoms with Crippen LogP contribution in [0.4, 0.5) is 4.39 Å². The molecular weight excluding hydrogens is 212 g/mol. The van der Waals surface area contributed by atoms with Crippen LogP contribution in [0.1, 0.15) is 26.5 Å². The maximum atomic E-state index is 12.8. The van der Waals surface area contributed by atoms with Crippen molar-refractivity contribution in [2.45, 2.75) is 27.7 Å².